The highest BCUT2D eigenvalue weighted by molar-refractivity contribution is 6.30. The summed E-state index contributed by atoms with van der Waals surface area (Å²) in [6.07, 6.45) is 5.06. The van der Waals surface area contributed by atoms with Gasteiger partial charge in [-0.3, -0.25) is 0 Å². The zero-order valence-corrected chi connectivity index (χ0v) is 13.9. The van der Waals surface area contributed by atoms with Gasteiger partial charge in [0.15, 0.2) is 0 Å². The lowest BCUT2D eigenvalue weighted by Crippen LogP contribution is -2.44. The van der Waals surface area contributed by atoms with Crippen molar-refractivity contribution in [3.05, 3.63) is 59.1 Å². The van der Waals surface area contributed by atoms with Gasteiger partial charge in [0.1, 0.15) is 6.33 Å². The number of carbonyl (C=O) groups is 1. The Hall–Kier alpha value is -2.14. The molecule has 120 valence electrons. The van der Waals surface area contributed by atoms with Crippen LogP contribution < -0.4 is 5.32 Å². The number of nitrogens with zero attached hydrogens (tertiary/aromatic N) is 3. The van der Waals surface area contributed by atoms with Crippen LogP contribution in [-0.4, -0.2) is 27.9 Å². The quantitative estimate of drug-likeness (QED) is 0.933. The maximum atomic E-state index is 12.6. The second kappa shape index (κ2) is 6.16. The van der Waals surface area contributed by atoms with Crippen LogP contribution >= 0.6 is 11.6 Å². The predicted molar refractivity (Wildman–Crippen MR) is 89.1 cm³/mol. The molecule has 1 aromatic carbocycles. The first kappa shape index (κ1) is 15.7. The molecule has 2 amide bonds. The summed E-state index contributed by atoms with van der Waals surface area (Å²) in [6.45, 7) is 1.95. The number of benzene rings is 1. The third-order valence-corrected chi connectivity index (χ3v) is 4.68. The van der Waals surface area contributed by atoms with Gasteiger partial charge in [0.25, 0.3) is 0 Å². The lowest BCUT2D eigenvalue weighted by molar-refractivity contribution is 0.188. The lowest BCUT2D eigenvalue weighted by Gasteiger charge is -2.28. The molecule has 23 heavy (non-hydrogen) atoms. The number of rotatable bonds is 4. The molecule has 1 heterocycles. The molecular formula is C17H19ClN4O. The molecule has 1 N–H and O–H groups in total. The summed E-state index contributed by atoms with van der Waals surface area (Å²) < 4.78 is 0. The number of amides is 2. The SMILES string of the molecule is C[C@@H](c1ccncn1)N(C)C(=O)NC1(c2ccc(Cl)cc2)CC1. The van der Waals surface area contributed by atoms with Crippen LogP contribution in [0.2, 0.25) is 5.02 Å². The van der Waals surface area contributed by atoms with Crippen LogP contribution in [0.4, 0.5) is 4.79 Å². The highest BCUT2D eigenvalue weighted by Crippen LogP contribution is 2.45. The van der Waals surface area contributed by atoms with Gasteiger partial charge in [-0.1, -0.05) is 23.7 Å². The van der Waals surface area contributed by atoms with Crippen molar-refractivity contribution in [1.29, 1.82) is 0 Å². The third kappa shape index (κ3) is 3.29. The third-order valence-electron chi connectivity index (χ3n) is 4.43. The first-order valence-electron chi connectivity index (χ1n) is 7.59. The predicted octanol–water partition coefficient (Wildman–Crippen LogP) is 3.52. The number of nitrogens with one attached hydrogen (secondary N) is 1. The van der Waals surface area contributed by atoms with Crippen molar-refractivity contribution in [3.63, 3.8) is 0 Å². The van der Waals surface area contributed by atoms with E-state index in [9.17, 15) is 4.79 Å². The van der Waals surface area contributed by atoms with Crippen molar-refractivity contribution in [1.82, 2.24) is 20.2 Å². The molecule has 0 unspecified atom stereocenters. The molecular weight excluding hydrogens is 312 g/mol. The molecule has 1 aromatic heterocycles. The molecule has 1 saturated carbocycles. The summed E-state index contributed by atoms with van der Waals surface area (Å²) in [6, 6.07) is 9.25. The van der Waals surface area contributed by atoms with Crippen molar-refractivity contribution >= 4 is 17.6 Å². The highest BCUT2D eigenvalue weighted by Gasteiger charge is 2.46. The van der Waals surface area contributed by atoms with E-state index in [1.165, 1.54) is 6.33 Å². The molecule has 0 radical (unpaired) electrons. The second-order valence-electron chi connectivity index (χ2n) is 5.94. The van der Waals surface area contributed by atoms with E-state index in [0.717, 1.165) is 24.1 Å². The van der Waals surface area contributed by atoms with Gasteiger partial charge in [-0.25, -0.2) is 14.8 Å². The average Bonchev–Trinajstić information content (AvgIpc) is 3.35. The molecule has 1 atom stereocenters. The average molecular weight is 331 g/mol. The Morgan fingerprint density at radius 2 is 2.00 bits per heavy atom. The maximum absolute atomic E-state index is 12.6. The number of halogens is 1. The topological polar surface area (TPSA) is 58.1 Å². The van der Waals surface area contributed by atoms with Crippen molar-refractivity contribution < 1.29 is 4.79 Å². The second-order valence-corrected chi connectivity index (χ2v) is 6.38. The van der Waals surface area contributed by atoms with Crippen LogP contribution in [0, 0.1) is 0 Å². The Labute approximate surface area is 140 Å². The van der Waals surface area contributed by atoms with Gasteiger partial charge in [0.2, 0.25) is 0 Å². The van der Waals surface area contributed by atoms with Crippen LogP contribution in [0.15, 0.2) is 42.9 Å². The van der Waals surface area contributed by atoms with E-state index in [1.54, 1.807) is 18.1 Å². The Morgan fingerprint density at radius 3 is 2.57 bits per heavy atom. The summed E-state index contributed by atoms with van der Waals surface area (Å²) >= 11 is 5.94. The number of urea groups is 1. The van der Waals surface area contributed by atoms with Gasteiger partial charge in [-0.2, -0.15) is 0 Å². The smallest absolute Gasteiger partial charge is 0.318 e. The van der Waals surface area contributed by atoms with Gasteiger partial charge >= 0.3 is 6.03 Å². The summed E-state index contributed by atoms with van der Waals surface area (Å²) in [5.74, 6) is 0. The number of carbonyl (C=O) groups excluding carboxylic acids is 1. The standard InChI is InChI=1S/C17H19ClN4O/c1-12(15-7-10-19-11-20-15)22(2)16(23)21-17(8-9-17)13-3-5-14(18)6-4-13/h3-7,10-12H,8-9H2,1-2H3,(H,21,23)/t12-/m0/s1. The van der Waals surface area contributed by atoms with Gasteiger partial charge in [-0.05, 0) is 43.5 Å². The van der Waals surface area contributed by atoms with Crippen LogP contribution in [-0.2, 0) is 5.54 Å². The van der Waals surface area contributed by atoms with Crippen molar-refractivity contribution in [3.8, 4) is 0 Å². The summed E-state index contributed by atoms with van der Waals surface area (Å²) in [5, 5.41) is 3.85. The van der Waals surface area contributed by atoms with E-state index in [0.29, 0.717) is 5.02 Å². The molecule has 1 aliphatic carbocycles. The Morgan fingerprint density at radius 1 is 1.30 bits per heavy atom. The van der Waals surface area contributed by atoms with Crippen molar-refractivity contribution in [2.24, 2.45) is 0 Å². The van der Waals surface area contributed by atoms with Gasteiger partial charge in [-0.15, -0.1) is 0 Å². The molecule has 1 fully saturated rings. The van der Waals surface area contributed by atoms with Crippen LogP contribution in [0.1, 0.15) is 37.1 Å². The molecule has 5 nitrogen and oxygen atoms in total. The summed E-state index contributed by atoms with van der Waals surface area (Å²) in [4.78, 5) is 22.4. The fraction of sp³-hybridized carbons (Fsp3) is 0.353. The molecule has 0 bridgehead atoms. The highest BCUT2D eigenvalue weighted by atomic mass is 35.5. The van der Waals surface area contributed by atoms with E-state index < -0.39 is 0 Å². The first-order valence-corrected chi connectivity index (χ1v) is 7.96. The van der Waals surface area contributed by atoms with Crippen molar-refractivity contribution in [2.75, 3.05) is 7.05 Å². The van der Waals surface area contributed by atoms with Gasteiger partial charge < -0.3 is 10.2 Å². The Bertz CT molecular complexity index is 685. The maximum Gasteiger partial charge on any atom is 0.318 e. The largest absolute Gasteiger partial charge is 0.328 e. The van der Waals surface area contributed by atoms with E-state index in [2.05, 4.69) is 15.3 Å². The normalized spacial score (nSPS) is 16.5. The van der Waals surface area contributed by atoms with E-state index in [1.807, 2.05) is 37.3 Å². The Balaban J connectivity index is 1.70. The van der Waals surface area contributed by atoms with Crippen LogP contribution in [0.3, 0.4) is 0 Å². The van der Waals surface area contributed by atoms with Crippen LogP contribution in [0.25, 0.3) is 0 Å². The first-order chi connectivity index (χ1) is 11.0. The number of aromatic nitrogens is 2. The van der Waals surface area contributed by atoms with Crippen molar-refractivity contribution in [2.45, 2.75) is 31.3 Å². The van der Waals surface area contributed by atoms with E-state index in [-0.39, 0.29) is 17.6 Å². The molecule has 1 aliphatic rings. The molecule has 3 rings (SSSR count). The van der Waals surface area contributed by atoms with E-state index >= 15 is 0 Å². The lowest BCUT2D eigenvalue weighted by atomic mass is 10.1. The number of hydrogen-bond donors (Lipinski definition) is 1. The van der Waals surface area contributed by atoms with Gasteiger partial charge in [0, 0.05) is 18.3 Å². The monoisotopic (exact) mass is 330 g/mol. The fourth-order valence-corrected chi connectivity index (χ4v) is 2.72. The number of hydrogen-bond acceptors (Lipinski definition) is 3. The minimum absolute atomic E-state index is 0.108. The minimum atomic E-state index is -0.263. The molecule has 0 aliphatic heterocycles. The fourth-order valence-electron chi connectivity index (χ4n) is 2.59. The molecule has 0 saturated heterocycles. The van der Waals surface area contributed by atoms with Gasteiger partial charge in [0.05, 0.1) is 17.3 Å². The Kier molecular flexibility index (Phi) is 4.22. The summed E-state index contributed by atoms with van der Waals surface area (Å²) in [7, 11) is 1.78. The molecule has 6 heteroatoms. The summed E-state index contributed by atoms with van der Waals surface area (Å²) in [5.41, 5.74) is 1.65. The zero-order chi connectivity index (χ0) is 16.4. The molecule has 0 spiro atoms. The van der Waals surface area contributed by atoms with E-state index in [4.69, 9.17) is 11.6 Å². The van der Waals surface area contributed by atoms with Crippen LogP contribution in [0.5, 0.6) is 0 Å². The molecule has 2 aromatic rings. The minimum Gasteiger partial charge on any atom is -0.328 e. The zero-order valence-electron chi connectivity index (χ0n) is 13.2.